The number of likely N-dealkylation sites (tertiary alicyclic amines) is 1. The third kappa shape index (κ3) is 5.66. The topological polar surface area (TPSA) is 92.5 Å². The SMILES string of the molecule is CC1CC(C)CN(C(=N)c2ccc(C3=NOC(CN4CCN(CC(=O)O)CC4)C3)cc2)C1. The molecule has 0 bridgehead atoms. The number of benzene rings is 1. The zero-order valence-corrected chi connectivity index (χ0v) is 19.2. The summed E-state index contributed by atoms with van der Waals surface area (Å²) in [6.07, 6.45) is 2.04. The number of rotatable bonds is 6. The first kappa shape index (κ1) is 22.7. The van der Waals surface area contributed by atoms with Crippen LogP contribution in [0.4, 0.5) is 0 Å². The summed E-state index contributed by atoms with van der Waals surface area (Å²) >= 11 is 0. The number of nitrogens with zero attached hydrogens (tertiary/aromatic N) is 4. The molecule has 32 heavy (non-hydrogen) atoms. The number of oxime groups is 1. The van der Waals surface area contributed by atoms with Crippen LogP contribution in [0.15, 0.2) is 29.4 Å². The number of piperazine rings is 1. The molecule has 3 atom stereocenters. The van der Waals surface area contributed by atoms with Crippen molar-refractivity contribution in [3.63, 3.8) is 0 Å². The van der Waals surface area contributed by atoms with E-state index in [-0.39, 0.29) is 12.6 Å². The predicted octanol–water partition coefficient (Wildman–Crippen LogP) is 2.19. The van der Waals surface area contributed by atoms with Gasteiger partial charge in [0, 0.05) is 57.8 Å². The molecule has 0 aliphatic carbocycles. The van der Waals surface area contributed by atoms with E-state index in [0.29, 0.717) is 17.7 Å². The molecule has 174 valence electrons. The average molecular weight is 442 g/mol. The fourth-order valence-electron chi connectivity index (χ4n) is 5.15. The smallest absolute Gasteiger partial charge is 0.317 e. The number of amidine groups is 1. The van der Waals surface area contributed by atoms with Gasteiger partial charge in [0.1, 0.15) is 11.9 Å². The van der Waals surface area contributed by atoms with E-state index < -0.39 is 5.97 Å². The third-order valence-electron chi connectivity index (χ3n) is 6.70. The van der Waals surface area contributed by atoms with Crippen molar-refractivity contribution in [1.29, 1.82) is 5.41 Å². The average Bonchev–Trinajstić information content (AvgIpc) is 3.22. The third-order valence-corrected chi connectivity index (χ3v) is 6.70. The van der Waals surface area contributed by atoms with Gasteiger partial charge in [-0.3, -0.25) is 20.0 Å². The Morgan fingerprint density at radius 2 is 1.72 bits per heavy atom. The van der Waals surface area contributed by atoms with Crippen LogP contribution in [-0.4, -0.2) is 95.8 Å². The highest BCUT2D eigenvalue weighted by molar-refractivity contribution is 6.02. The van der Waals surface area contributed by atoms with Crippen molar-refractivity contribution in [3.8, 4) is 0 Å². The van der Waals surface area contributed by atoms with E-state index in [0.717, 1.165) is 69.1 Å². The lowest BCUT2D eigenvalue weighted by atomic mass is 9.91. The highest BCUT2D eigenvalue weighted by Gasteiger charge is 2.28. The van der Waals surface area contributed by atoms with Gasteiger partial charge >= 0.3 is 5.97 Å². The fraction of sp³-hybridized carbons (Fsp3) is 0.625. The van der Waals surface area contributed by atoms with Crippen LogP contribution in [0.3, 0.4) is 0 Å². The van der Waals surface area contributed by atoms with Gasteiger partial charge in [0.25, 0.3) is 0 Å². The molecule has 0 radical (unpaired) electrons. The first-order valence-corrected chi connectivity index (χ1v) is 11.7. The van der Waals surface area contributed by atoms with Crippen LogP contribution >= 0.6 is 0 Å². The minimum Gasteiger partial charge on any atom is -0.480 e. The Morgan fingerprint density at radius 1 is 1.09 bits per heavy atom. The lowest BCUT2D eigenvalue weighted by Crippen LogP contribution is -2.49. The van der Waals surface area contributed by atoms with Crippen LogP contribution < -0.4 is 0 Å². The van der Waals surface area contributed by atoms with Gasteiger partial charge in [0.05, 0.1) is 12.3 Å². The minimum absolute atomic E-state index is 0.0327. The highest BCUT2D eigenvalue weighted by Crippen LogP contribution is 2.23. The monoisotopic (exact) mass is 441 g/mol. The minimum atomic E-state index is -0.767. The summed E-state index contributed by atoms with van der Waals surface area (Å²) in [5, 5.41) is 21.9. The van der Waals surface area contributed by atoms with Gasteiger partial charge in [-0.05, 0) is 23.8 Å². The molecule has 3 aliphatic rings. The maximum absolute atomic E-state index is 10.9. The molecule has 1 aromatic rings. The van der Waals surface area contributed by atoms with Gasteiger partial charge in [0.2, 0.25) is 0 Å². The summed E-state index contributed by atoms with van der Waals surface area (Å²) in [5.74, 6) is 1.09. The number of hydrogen-bond acceptors (Lipinski definition) is 6. The second kappa shape index (κ2) is 10.0. The Kier molecular flexibility index (Phi) is 7.10. The van der Waals surface area contributed by atoms with Gasteiger partial charge in [0.15, 0.2) is 0 Å². The van der Waals surface area contributed by atoms with Crippen LogP contribution in [0.5, 0.6) is 0 Å². The fourth-order valence-corrected chi connectivity index (χ4v) is 5.15. The summed E-state index contributed by atoms with van der Waals surface area (Å²) in [4.78, 5) is 23.1. The molecule has 2 fully saturated rings. The van der Waals surface area contributed by atoms with Gasteiger partial charge in [-0.15, -0.1) is 0 Å². The Hall–Kier alpha value is -2.45. The normalized spacial score (nSPS) is 27.1. The van der Waals surface area contributed by atoms with E-state index >= 15 is 0 Å². The van der Waals surface area contributed by atoms with Crippen molar-refractivity contribution in [2.45, 2.75) is 32.8 Å². The molecule has 1 aromatic carbocycles. The molecule has 3 heterocycles. The summed E-state index contributed by atoms with van der Waals surface area (Å²) in [5.41, 5.74) is 2.96. The molecule has 0 amide bonds. The molecule has 2 saturated heterocycles. The lowest BCUT2D eigenvalue weighted by molar-refractivity contribution is -0.138. The summed E-state index contributed by atoms with van der Waals surface area (Å²) in [6, 6.07) is 8.16. The van der Waals surface area contributed by atoms with Gasteiger partial charge in [-0.25, -0.2) is 0 Å². The van der Waals surface area contributed by atoms with Crippen LogP contribution in [0.25, 0.3) is 0 Å². The van der Waals surface area contributed by atoms with E-state index in [1.165, 1.54) is 6.42 Å². The molecular weight excluding hydrogens is 406 g/mol. The molecule has 3 aliphatic heterocycles. The second-order valence-electron chi connectivity index (χ2n) is 9.72. The number of carboxylic acid groups (broad SMARTS) is 1. The zero-order valence-electron chi connectivity index (χ0n) is 19.2. The van der Waals surface area contributed by atoms with Crippen LogP contribution in [0, 0.1) is 17.2 Å². The first-order valence-electron chi connectivity index (χ1n) is 11.7. The van der Waals surface area contributed by atoms with Crippen molar-refractivity contribution >= 4 is 17.5 Å². The second-order valence-corrected chi connectivity index (χ2v) is 9.72. The molecule has 0 spiro atoms. The van der Waals surface area contributed by atoms with Crippen molar-refractivity contribution < 1.29 is 14.7 Å². The van der Waals surface area contributed by atoms with Crippen molar-refractivity contribution in [2.24, 2.45) is 17.0 Å². The molecule has 8 heteroatoms. The van der Waals surface area contributed by atoms with E-state index in [4.69, 9.17) is 15.4 Å². The molecule has 3 unspecified atom stereocenters. The number of piperidine rings is 1. The standard InChI is InChI=1S/C24H35N5O3/c1-17-11-18(2)14-29(13-17)24(25)20-5-3-19(4-6-20)22-12-21(32-26-22)15-27-7-9-28(10-8-27)16-23(30)31/h3-6,17-18,21,25H,7-16H2,1-2H3,(H,30,31). The molecular formula is C24H35N5O3. The summed E-state index contributed by atoms with van der Waals surface area (Å²) in [6.45, 7) is 10.6. The number of hydrogen-bond donors (Lipinski definition) is 2. The quantitative estimate of drug-likeness (QED) is 0.519. The number of nitrogens with one attached hydrogen (secondary N) is 1. The first-order chi connectivity index (χ1) is 15.4. The Balaban J connectivity index is 1.26. The van der Waals surface area contributed by atoms with E-state index in [9.17, 15) is 4.79 Å². The number of aliphatic carboxylic acids is 1. The molecule has 0 saturated carbocycles. The summed E-state index contributed by atoms with van der Waals surface area (Å²) in [7, 11) is 0. The van der Waals surface area contributed by atoms with Crippen LogP contribution in [-0.2, 0) is 9.63 Å². The van der Waals surface area contributed by atoms with Gasteiger partial charge in [-0.1, -0.05) is 43.3 Å². The van der Waals surface area contributed by atoms with Crippen molar-refractivity contribution in [2.75, 3.05) is 52.4 Å². The summed E-state index contributed by atoms with van der Waals surface area (Å²) < 4.78 is 0. The van der Waals surface area contributed by atoms with Gasteiger partial charge < -0.3 is 14.8 Å². The van der Waals surface area contributed by atoms with E-state index in [1.807, 2.05) is 17.0 Å². The molecule has 2 N–H and O–H groups in total. The maximum Gasteiger partial charge on any atom is 0.317 e. The lowest BCUT2D eigenvalue weighted by Gasteiger charge is -2.36. The predicted molar refractivity (Wildman–Crippen MR) is 124 cm³/mol. The van der Waals surface area contributed by atoms with Crippen molar-refractivity contribution in [1.82, 2.24) is 14.7 Å². The highest BCUT2D eigenvalue weighted by atomic mass is 16.6. The molecule has 8 nitrogen and oxygen atoms in total. The zero-order chi connectivity index (χ0) is 22.7. The number of carboxylic acids is 1. The van der Waals surface area contributed by atoms with E-state index in [2.05, 4.69) is 40.9 Å². The van der Waals surface area contributed by atoms with Crippen LogP contribution in [0.1, 0.15) is 37.8 Å². The van der Waals surface area contributed by atoms with Crippen LogP contribution in [0.2, 0.25) is 0 Å². The van der Waals surface area contributed by atoms with Gasteiger partial charge in [-0.2, -0.15) is 0 Å². The molecule has 0 aromatic heterocycles. The maximum atomic E-state index is 10.9. The van der Waals surface area contributed by atoms with E-state index in [1.54, 1.807) is 0 Å². The largest absolute Gasteiger partial charge is 0.480 e. The van der Waals surface area contributed by atoms with Crippen molar-refractivity contribution in [3.05, 3.63) is 35.4 Å². The molecule has 4 rings (SSSR count). The Morgan fingerprint density at radius 3 is 2.34 bits per heavy atom. The number of carbonyl (C=O) groups is 1. The Bertz CT molecular complexity index is 838. The Labute approximate surface area is 190 Å².